The van der Waals surface area contributed by atoms with Crippen molar-refractivity contribution in [1.29, 1.82) is 0 Å². The summed E-state index contributed by atoms with van der Waals surface area (Å²) in [4.78, 5) is 20.1. The first-order valence-electron chi connectivity index (χ1n) is 7.01. The van der Waals surface area contributed by atoms with Crippen LogP contribution >= 0.6 is 0 Å². The van der Waals surface area contributed by atoms with E-state index in [1.165, 1.54) is 5.56 Å². The van der Waals surface area contributed by atoms with Crippen molar-refractivity contribution < 1.29 is 19.4 Å². The summed E-state index contributed by atoms with van der Waals surface area (Å²) in [6.45, 7) is 4.71. The van der Waals surface area contributed by atoms with Gasteiger partial charge in [-0.3, -0.25) is 4.79 Å². The highest BCUT2D eigenvalue weighted by Crippen LogP contribution is 1.98. The van der Waals surface area contributed by atoms with Gasteiger partial charge in [0.2, 0.25) is 0 Å². The van der Waals surface area contributed by atoms with Crippen LogP contribution in [0.15, 0.2) is 30.3 Å². The van der Waals surface area contributed by atoms with Crippen LogP contribution in [0.1, 0.15) is 32.3 Å². The van der Waals surface area contributed by atoms with Crippen LogP contribution in [0.5, 0.6) is 0 Å². The van der Waals surface area contributed by atoms with Crippen molar-refractivity contribution in [3.05, 3.63) is 35.9 Å². The molecule has 1 aromatic carbocycles. The summed E-state index contributed by atoms with van der Waals surface area (Å²) in [5.41, 5.74) is 1.22. The highest BCUT2D eigenvalue weighted by Gasteiger charge is 2.05. The van der Waals surface area contributed by atoms with Crippen molar-refractivity contribution in [2.24, 2.45) is 0 Å². The predicted molar refractivity (Wildman–Crippen MR) is 84.3 cm³/mol. The first kappa shape index (κ1) is 21.6. The maximum atomic E-state index is 10.1. The van der Waals surface area contributed by atoms with Crippen molar-refractivity contribution in [2.75, 3.05) is 14.2 Å². The zero-order valence-electron chi connectivity index (χ0n) is 13.3. The van der Waals surface area contributed by atoms with Gasteiger partial charge in [-0.1, -0.05) is 44.2 Å². The molecule has 0 saturated heterocycles. The predicted octanol–water partition coefficient (Wildman–Crippen LogP) is 2.50. The molecule has 5 heteroatoms. The number of methoxy groups -OCH3 is 1. The third kappa shape index (κ3) is 14.5. The van der Waals surface area contributed by atoms with Gasteiger partial charge in [-0.25, -0.2) is 0 Å². The average molecular weight is 297 g/mol. The maximum absolute atomic E-state index is 10.1. The smallest absolute Gasteiger partial charge is 0.303 e. The molecule has 1 atom stereocenters. The minimum absolute atomic E-state index is 0.0320. The zero-order valence-corrected chi connectivity index (χ0v) is 13.3. The number of ether oxygens (including phenoxy) is 1. The van der Waals surface area contributed by atoms with Crippen LogP contribution in [0.25, 0.3) is 0 Å². The molecule has 0 spiro atoms. The molecule has 5 nitrogen and oxygen atoms in total. The zero-order chi connectivity index (χ0) is 16.5. The van der Waals surface area contributed by atoms with Crippen LogP contribution in [-0.2, 0) is 20.9 Å². The van der Waals surface area contributed by atoms with E-state index in [9.17, 15) is 9.59 Å². The van der Waals surface area contributed by atoms with Gasteiger partial charge in [-0.05, 0) is 19.0 Å². The fourth-order valence-electron chi connectivity index (χ4n) is 1.30. The summed E-state index contributed by atoms with van der Waals surface area (Å²) < 4.78 is 4.93. The lowest BCUT2D eigenvalue weighted by Gasteiger charge is -2.04. The third-order valence-electron chi connectivity index (χ3n) is 2.36. The van der Waals surface area contributed by atoms with Crippen LogP contribution < -0.4 is 5.32 Å². The van der Waals surface area contributed by atoms with E-state index in [1.807, 2.05) is 44.2 Å². The SMILES string of the molecule is CC.CNC(C=O)CCC(=O)O.COCc1ccccc1. The highest BCUT2D eigenvalue weighted by molar-refractivity contribution is 5.68. The van der Waals surface area contributed by atoms with Crippen molar-refractivity contribution in [2.45, 2.75) is 39.3 Å². The fraction of sp³-hybridized carbons (Fsp3) is 0.500. The van der Waals surface area contributed by atoms with Gasteiger partial charge in [0.1, 0.15) is 6.29 Å². The Balaban J connectivity index is 0. The van der Waals surface area contributed by atoms with E-state index >= 15 is 0 Å². The number of carboxylic acid groups (broad SMARTS) is 1. The van der Waals surface area contributed by atoms with Crippen molar-refractivity contribution >= 4 is 12.3 Å². The lowest BCUT2D eigenvalue weighted by molar-refractivity contribution is -0.137. The molecule has 0 heterocycles. The number of rotatable bonds is 7. The van der Waals surface area contributed by atoms with Gasteiger partial charge in [0.15, 0.2) is 0 Å². The molecular weight excluding hydrogens is 270 g/mol. The molecule has 0 aliphatic carbocycles. The molecule has 21 heavy (non-hydrogen) atoms. The van der Waals surface area contributed by atoms with E-state index in [0.29, 0.717) is 19.3 Å². The van der Waals surface area contributed by atoms with Crippen molar-refractivity contribution in [3.63, 3.8) is 0 Å². The van der Waals surface area contributed by atoms with Crippen LogP contribution in [0.4, 0.5) is 0 Å². The molecule has 120 valence electrons. The summed E-state index contributed by atoms with van der Waals surface area (Å²) in [7, 11) is 3.33. The van der Waals surface area contributed by atoms with Gasteiger partial charge >= 0.3 is 5.97 Å². The minimum atomic E-state index is -0.873. The molecule has 0 aliphatic rings. The molecule has 0 aromatic heterocycles. The van der Waals surface area contributed by atoms with Gasteiger partial charge in [0.05, 0.1) is 12.6 Å². The number of likely N-dealkylation sites (N-methyl/N-ethyl adjacent to an activating group) is 1. The average Bonchev–Trinajstić information content (AvgIpc) is 2.52. The molecule has 1 rings (SSSR count). The fourth-order valence-corrected chi connectivity index (χ4v) is 1.30. The molecular formula is C16H27NO4. The number of carbonyl (C=O) groups excluding carboxylic acids is 1. The normalized spacial score (nSPS) is 10.3. The highest BCUT2D eigenvalue weighted by atomic mass is 16.5. The molecule has 0 bridgehead atoms. The molecule has 1 aromatic rings. The number of nitrogens with one attached hydrogen (secondary N) is 1. The van der Waals surface area contributed by atoms with E-state index < -0.39 is 5.97 Å². The standard InChI is InChI=1S/C8H10O.C6H11NO3.C2H6/c1-9-7-8-5-3-2-4-6-8;1-7-5(4-8)2-3-6(9)10;1-2/h2-6H,7H2,1H3;4-5,7H,2-3H2,1H3,(H,9,10);1-2H3. The molecule has 0 amide bonds. The van der Waals surface area contributed by atoms with Crippen LogP contribution in [0, 0.1) is 0 Å². The summed E-state index contributed by atoms with van der Waals surface area (Å²) >= 11 is 0. The van der Waals surface area contributed by atoms with Gasteiger partial charge in [-0.2, -0.15) is 0 Å². The van der Waals surface area contributed by atoms with Gasteiger partial charge in [0, 0.05) is 13.5 Å². The van der Waals surface area contributed by atoms with Crippen LogP contribution in [0.3, 0.4) is 0 Å². The topological polar surface area (TPSA) is 75.6 Å². The number of carboxylic acids is 1. The van der Waals surface area contributed by atoms with E-state index in [0.717, 1.165) is 0 Å². The molecule has 0 fully saturated rings. The second kappa shape index (κ2) is 16.3. The van der Waals surface area contributed by atoms with E-state index in [-0.39, 0.29) is 12.5 Å². The Labute approximate surface area is 127 Å². The number of carbonyl (C=O) groups is 2. The summed E-state index contributed by atoms with van der Waals surface area (Å²) in [6.07, 6.45) is 1.10. The first-order valence-corrected chi connectivity index (χ1v) is 7.01. The monoisotopic (exact) mass is 297 g/mol. The number of hydrogen-bond acceptors (Lipinski definition) is 4. The largest absolute Gasteiger partial charge is 0.481 e. The summed E-state index contributed by atoms with van der Waals surface area (Å²) in [5.74, 6) is -0.873. The van der Waals surface area contributed by atoms with Crippen LogP contribution in [-0.4, -0.2) is 37.6 Å². The molecule has 0 radical (unpaired) electrons. The summed E-state index contributed by atoms with van der Waals surface area (Å²) in [6, 6.07) is 9.78. The Morgan fingerprint density at radius 3 is 2.29 bits per heavy atom. The van der Waals surface area contributed by atoms with E-state index in [4.69, 9.17) is 9.84 Å². The third-order valence-corrected chi connectivity index (χ3v) is 2.36. The Morgan fingerprint density at radius 1 is 1.33 bits per heavy atom. The van der Waals surface area contributed by atoms with Gasteiger partial charge < -0.3 is 20.0 Å². The Hall–Kier alpha value is -1.72. The number of aliphatic carboxylic acids is 1. The van der Waals surface area contributed by atoms with E-state index in [2.05, 4.69) is 5.32 Å². The van der Waals surface area contributed by atoms with Crippen molar-refractivity contribution in [1.82, 2.24) is 5.32 Å². The maximum Gasteiger partial charge on any atom is 0.303 e. The Morgan fingerprint density at radius 2 is 1.90 bits per heavy atom. The molecule has 2 N–H and O–H groups in total. The molecule has 1 unspecified atom stereocenters. The lowest BCUT2D eigenvalue weighted by Crippen LogP contribution is -2.27. The molecule has 0 aliphatic heterocycles. The minimum Gasteiger partial charge on any atom is -0.481 e. The van der Waals surface area contributed by atoms with Gasteiger partial charge in [0.25, 0.3) is 0 Å². The quantitative estimate of drug-likeness (QED) is 0.756. The summed E-state index contributed by atoms with van der Waals surface area (Å²) in [5, 5.41) is 10.9. The second-order valence-electron chi connectivity index (χ2n) is 3.88. The Kier molecular flexibility index (Phi) is 16.8. The number of benzene rings is 1. The van der Waals surface area contributed by atoms with E-state index in [1.54, 1.807) is 14.2 Å². The number of aldehydes is 1. The van der Waals surface area contributed by atoms with Crippen molar-refractivity contribution in [3.8, 4) is 0 Å². The lowest BCUT2D eigenvalue weighted by atomic mass is 10.2. The second-order valence-corrected chi connectivity index (χ2v) is 3.88. The first-order chi connectivity index (χ1) is 10.1. The Bertz CT molecular complexity index is 355. The van der Waals surface area contributed by atoms with Gasteiger partial charge in [-0.15, -0.1) is 0 Å². The molecule has 0 saturated carbocycles. The van der Waals surface area contributed by atoms with Crippen LogP contribution in [0.2, 0.25) is 0 Å². The number of hydrogen-bond donors (Lipinski definition) is 2.